The number of ether oxygens (including phenoxy) is 1. The van der Waals surface area contributed by atoms with Gasteiger partial charge in [0.25, 0.3) is 0 Å². The first-order chi connectivity index (χ1) is 7.88. The molecule has 0 atom stereocenters. The minimum atomic E-state index is -3.56. The number of sulfonamides is 1. The molecule has 0 bridgehead atoms. The molecule has 1 rings (SSSR count). The molecule has 0 unspecified atom stereocenters. The molecule has 17 heavy (non-hydrogen) atoms. The highest BCUT2D eigenvalue weighted by Gasteiger charge is 2.18. The van der Waals surface area contributed by atoms with Crippen LogP contribution in [0.25, 0.3) is 0 Å². The third-order valence-corrected chi connectivity index (χ3v) is 4.93. The first kappa shape index (κ1) is 14.9. The Morgan fingerprint density at radius 3 is 2.71 bits per heavy atom. The molecule has 1 aromatic rings. The summed E-state index contributed by atoms with van der Waals surface area (Å²) in [4.78, 5) is 0.129. The van der Waals surface area contributed by atoms with Gasteiger partial charge in [-0.25, -0.2) is 13.1 Å². The van der Waals surface area contributed by atoms with Crippen molar-refractivity contribution in [2.75, 3.05) is 20.3 Å². The normalized spacial score (nSPS) is 11.8. The van der Waals surface area contributed by atoms with Gasteiger partial charge in [-0.05, 0) is 40.5 Å². The molecule has 0 aromatic heterocycles. The van der Waals surface area contributed by atoms with Gasteiger partial charge in [-0.3, -0.25) is 0 Å². The summed E-state index contributed by atoms with van der Waals surface area (Å²) in [6.45, 7) is 2.34. The van der Waals surface area contributed by atoms with Gasteiger partial charge in [0.2, 0.25) is 10.0 Å². The number of hydrogen-bond donors (Lipinski definition) is 1. The molecule has 0 amide bonds. The Kier molecular flexibility index (Phi) is 5.40. The van der Waals surface area contributed by atoms with Crippen molar-refractivity contribution in [2.24, 2.45) is 0 Å². The lowest BCUT2D eigenvalue weighted by molar-refractivity contribution is 0.204. The van der Waals surface area contributed by atoms with E-state index in [1.807, 2.05) is 6.92 Å². The second-order valence-corrected chi connectivity index (χ2v) is 6.42. The maximum absolute atomic E-state index is 11.9. The first-order valence-electron chi connectivity index (χ1n) is 4.82. The fourth-order valence-corrected chi connectivity index (χ4v) is 3.61. The van der Waals surface area contributed by atoms with Gasteiger partial charge in [-0.1, -0.05) is 11.6 Å². The summed E-state index contributed by atoms with van der Waals surface area (Å²) in [5.74, 6) is 0. The Bertz CT molecular complexity index is 505. The van der Waals surface area contributed by atoms with Gasteiger partial charge in [-0.2, -0.15) is 0 Å². The number of aryl methyl sites for hydroxylation is 1. The zero-order chi connectivity index (χ0) is 13.1. The minimum absolute atomic E-state index is 0.129. The van der Waals surface area contributed by atoms with Crippen LogP contribution in [0.3, 0.4) is 0 Å². The van der Waals surface area contributed by atoms with Crippen LogP contribution in [0.15, 0.2) is 21.5 Å². The molecule has 0 heterocycles. The van der Waals surface area contributed by atoms with E-state index in [0.29, 0.717) is 16.1 Å². The fraction of sp³-hybridized carbons (Fsp3) is 0.400. The van der Waals surface area contributed by atoms with E-state index >= 15 is 0 Å². The van der Waals surface area contributed by atoms with Crippen LogP contribution in [-0.2, 0) is 14.8 Å². The van der Waals surface area contributed by atoms with Crippen molar-refractivity contribution in [3.8, 4) is 0 Å². The summed E-state index contributed by atoms with van der Waals surface area (Å²) < 4.78 is 31.6. The van der Waals surface area contributed by atoms with Gasteiger partial charge in [0, 0.05) is 23.1 Å². The molecule has 0 aliphatic rings. The van der Waals surface area contributed by atoms with Crippen molar-refractivity contribution in [2.45, 2.75) is 11.8 Å². The van der Waals surface area contributed by atoms with Crippen LogP contribution in [0.2, 0.25) is 5.02 Å². The predicted octanol–water partition coefficient (Wildman–Crippen LogP) is 2.34. The summed E-state index contributed by atoms with van der Waals surface area (Å²) in [5.41, 5.74) is 0.814. The van der Waals surface area contributed by atoms with Crippen molar-refractivity contribution in [1.29, 1.82) is 0 Å². The van der Waals surface area contributed by atoms with Crippen molar-refractivity contribution < 1.29 is 13.2 Å². The molecule has 0 saturated heterocycles. The van der Waals surface area contributed by atoms with E-state index in [2.05, 4.69) is 20.7 Å². The van der Waals surface area contributed by atoms with Gasteiger partial charge >= 0.3 is 0 Å². The van der Waals surface area contributed by atoms with Gasteiger partial charge in [0.05, 0.1) is 11.5 Å². The molecule has 0 radical (unpaired) electrons. The molecular formula is C10H13BrClNO3S. The third-order valence-electron chi connectivity index (χ3n) is 2.10. The summed E-state index contributed by atoms with van der Waals surface area (Å²) in [6, 6.07) is 3.10. The lowest BCUT2D eigenvalue weighted by Gasteiger charge is -2.09. The molecule has 7 heteroatoms. The number of nitrogens with one attached hydrogen (secondary N) is 1. The van der Waals surface area contributed by atoms with E-state index in [4.69, 9.17) is 16.3 Å². The second kappa shape index (κ2) is 6.15. The van der Waals surface area contributed by atoms with Crippen molar-refractivity contribution in [1.82, 2.24) is 4.72 Å². The SMILES string of the molecule is COCCNS(=O)(=O)c1cc(Cl)c(C)cc1Br. The maximum atomic E-state index is 11.9. The average molecular weight is 343 g/mol. The smallest absolute Gasteiger partial charge is 0.241 e. The zero-order valence-electron chi connectivity index (χ0n) is 9.46. The van der Waals surface area contributed by atoms with Crippen LogP contribution in [0.5, 0.6) is 0 Å². The molecule has 0 aliphatic carbocycles. The van der Waals surface area contributed by atoms with Gasteiger partial charge in [0.1, 0.15) is 0 Å². The average Bonchev–Trinajstić information content (AvgIpc) is 2.23. The standard InChI is InChI=1S/C10H13BrClNO3S/c1-7-5-8(11)10(6-9(7)12)17(14,15)13-3-4-16-2/h5-6,13H,3-4H2,1-2H3. The van der Waals surface area contributed by atoms with E-state index < -0.39 is 10.0 Å². The van der Waals surface area contributed by atoms with Crippen molar-refractivity contribution >= 4 is 37.6 Å². The van der Waals surface area contributed by atoms with Crippen molar-refractivity contribution in [3.63, 3.8) is 0 Å². The van der Waals surface area contributed by atoms with Gasteiger partial charge in [-0.15, -0.1) is 0 Å². The van der Waals surface area contributed by atoms with E-state index in [1.165, 1.54) is 13.2 Å². The first-order valence-corrected chi connectivity index (χ1v) is 7.48. The Labute approximate surface area is 114 Å². The molecule has 1 N–H and O–H groups in total. The number of rotatable bonds is 5. The summed E-state index contributed by atoms with van der Waals surface area (Å²) in [5, 5.41) is 0.417. The fourth-order valence-electron chi connectivity index (χ4n) is 1.19. The van der Waals surface area contributed by atoms with Gasteiger partial charge < -0.3 is 4.74 Å². The Balaban J connectivity index is 3.03. The van der Waals surface area contributed by atoms with Crippen molar-refractivity contribution in [3.05, 3.63) is 27.2 Å². The molecular weight excluding hydrogens is 330 g/mol. The molecule has 4 nitrogen and oxygen atoms in total. The van der Waals surface area contributed by atoms with Crippen LogP contribution in [0.1, 0.15) is 5.56 Å². The topological polar surface area (TPSA) is 55.4 Å². The Hall–Kier alpha value is -0.140. The van der Waals surface area contributed by atoms with Gasteiger partial charge in [0.15, 0.2) is 0 Å². The Morgan fingerprint density at radius 2 is 2.12 bits per heavy atom. The summed E-state index contributed by atoms with van der Waals surface area (Å²) in [7, 11) is -2.06. The largest absolute Gasteiger partial charge is 0.383 e. The van der Waals surface area contributed by atoms with E-state index in [1.54, 1.807) is 6.07 Å². The highest BCUT2D eigenvalue weighted by Crippen LogP contribution is 2.28. The van der Waals surface area contributed by atoms with Crippen LogP contribution in [-0.4, -0.2) is 28.7 Å². The van der Waals surface area contributed by atoms with Crippen LogP contribution >= 0.6 is 27.5 Å². The van der Waals surface area contributed by atoms with Crippen LogP contribution < -0.4 is 4.72 Å². The van der Waals surface area contributed by atoms with Crippen LogP contribution in [0, 0.1) is 6.92 Å². The molecule has 0 aliphatic heterocycles. The number of halogens is 2. The second-order valence-electron chi connectivity index (χ2n) is 3.42. The number of benzene rings is 1. The lowest BCUT2D eigenvalue weighted by atomic mass is 10.2. The number of methoxy groups -OCH3 is 1. The highest BCUT2D eigenvalue weighted by molar-refractivity contribution is 9.10. The maximum Gasteiger partial charge on any atom is 0.241 e. The lowest BCUT2D eigenvalue weighted by Crippen LogP contribution is -2.27. The summed E-state index contributed by atoms with van der Waals surface area (Å²) in [6.07, 6.45) is 0. The zero-order valence-corrected chi connectivity index (χ0v) is 12.6. The predicted molar refractivity (Wildman–Crippen MR) is 71.0 cm³/mol. The van der Waals surface area contributed by atoms with Crippen LogP contribution in [0.4, 0.5) is 0 Å². The molecule has 0 saturated carbocycles. The third kappa shape index (κ3) is 3.93. The molecule has 0 spiro atoms. The van der Waals surface area contributed by atoms with E-state index in [-0.39, 0.29) is 11.4 Å². The highest BCUT2D eigenvalue weighted by atomic mass is 79.9. The minimum Gasteiger partial charge on any atom is -0.383 e. The quantitative estimate of drug-likeness (QED) is 0.836. The molecule has 1 aromatic carbocycles. The Morgan fingerprint density at radius 1 is 1.47 bits per heavy atom. The molecule has 96 valence electrons. The molecule has 0 fully saturated rings. The van der Waals surface area contributed by atoms with E-state index in [0.717, 1.165) is 5.56 Å². The monoisotopic (exact) mass is 341 g/mol. The number of hydrogen-bond acceptors (Lipinski definition) is 3. The summed E-state index contributed by atoms with van der Waals surface area (Å²) >= 11 is 9.13. The van der Waals surface area contributed by atoms with E-state index in [9.17, 15) is 8.42 Å².